The molecule has 0 radical (unpaired) electrons. The largest absolute Gasteiger partial charge is 0.330 e. The summed E-state index contributed by atoms with van der Waals surface area (Å²) in [4.78, 5) is 0. The molecule has 1 nitrogen and oxygen atoms in total. The summed E-state index contributed by atoms with van der Waals surface area (Å²) in [5, 5.41) is 0. The lowest BCUT2D eigenvalue weighted by Crippen LogP contribution is -1.97. The Morgan fingerprint density at radius 1 is 0.533 bits per heavy atom. The van der Waals surface area contributed by atoms with Crippen molar-refractivity contribution in [2.75, 3.05) is 6.54 Å². The second kappa shape index (κ2) is 19.5. The predicted octanol–water partition coefficient (Wildman–Crippen LogP) is 4.89. The van der Waals surface area contributed by atoms with E-state index in [1.54, 1.807) is 0 Å². The minimum atomic E-state index is 0.867. The van der Waals surface area contributed by atoms with E-state index < -0.39 is 0 Å². The van der Waals surface area contributed by atoms with Gasteiger partial charge in [-0.3, -0.25) is 0 Å². The topological polar surface area (TPSA) is 26.0 Å². The molecule has 0 saturated carbocycles. The van der Waals surface area contributed by atoms with Gasteiger partial charge in [-0.2, -0.15) is 0 Å². The second-order valence-corrected chi connectivity index (χ2v) is 4.26. The minimum absolute atomic E-state index is 0.867. The van der Waals surface area contributed by atoms with E-state index in [1.165, 1.54) is 64.2 Å². The molecule has 0 aromatic carbocycles. The number of nitrogens with two attached hydrogens (primary N) is 1. The van der Waals surface area contributed by atoms with Crippen LogP contribution in [0.3, 0.4) is 0 Å². The number of hydrogen-bond donors (Lipinski definition) is 1. The molecule has 15 heavy (non-hydrogen) atoms. The van der Waals surface area contributed by atoms with Gasteiger partial charge in [0, 0.05) is 0 Å². The van der Waals surface area contributed by atoms with Crippen LogP contribution in [0.1, 0.15) is 85.0 Å². The Labute approximate surface area is 97.8 Å². The molecule has 2 N–H and O–H groups in total. The van der Waals surface area contributed by atoms with E-state index in [0.717, 1.165) is 6.54 Å². The molecule has 0 aromatic rings. The lowest BCUT2D eigenvalue weighted by Gasteiger charge is -1.96. The zero-order chi connectivity index (χ0) is 11.8. The van der Waals surface area contributed by atoms with E-state index in [4.69, 9.17) is 5.73 Å². The molecule has 0 rings (SSSR count). The van der Waals surface area contributed by atoms with Crippen molar-refractivity contribution in [3.05, 3.63) is 0 Å². The first-order valence-corrected chi connectivity index (χ1v) is 7.03. The van der Waals surface area contributed by atoms with Crippen molar-refractivity contribution in [2.24, 2.45) is 5.73 Å². The van der Waals surface area contributed by atoms with Crippen molar-refractivity contribution in [3.8, 4) is 0 Å². The first kappa shape index (κ1) is 17.4. The highest BCUT2D eigenvalue weighted by atomic mass is 14.5. The molecule has 0 fully saturated rings. The summed E-state index contributed by atoms with van der Waals surface area (Å²) in [5.74, 6) is 0. The fourth-order valence-corrected chi connectivity index (χ4v) is 1.42. The van der Waals surface area contributed by atoms with Crippen LogP contribution in [0.4, 0.5) is 0 Å². The average molecular weight is 215 g/mol. The highest BCUT2D eigenvalue weighted by Crippen LogP contribution is 2.03. The first-order chi connectivity index (χ1) is 7.33. The van der Waals surface area contributed by atoms with Crippen LogP contribution >= 0.6 is 0 Å². The van der Waals surface area contributed by atoms with Crippen molar-refractivity contribution >= 4 is 0 Å². The van der Waals surface area contributed by atoms with Crippen LogP contribution in [-0.4, -0.2) is 6.54 Å². The third-order valence-electron chi connectivity index (χ3n) is 2.51. The molecule has 0 aliphatic rings. The van der Waals surface area contributed by atoms with Gasteiger partial charge < -0.3 is 5.73 Å². The third kappa shape index (κ3) is 24.9. The van der Waals surface area contributed by atoms with Gasteiger partial charge in [-0.05, 0) is 13.0 Å². The highest BCUT2D eigenvalue weighted by Gasteiger charge is 1.85. The maximum absolute atomic E-state index is 5.34. The Morgan fingerprint density at radius 3 is 1.27 bits per heavy atom. The second-order valence-electron chi connectivity index (χ2n) is 4.26. The predicted molar refractivity (Wildman–Crippen MR) is 72.2 cm³/mol. The number of hydrogen-bond acceptors (Lipinski definition) is 1. The fraction of sp³-hybridized carbons (Fsp3) is 1.00. The summed E-state index contributed by atoms with van der Waals surface area (Å²) >= 11 is 0. The van der Waals surface area contributed by atoms with E-state index in [9.17, 15) is 0 Å². The summed E-state index contributed by atoms with van der Waals surface area (Å²) in [7, 11) is 0. The monoisotopic (exact) mass is 215 g/mol. The number of unbranched alkanes of at least 4 members (excludes halogenated alkanes) is 8. The zero-order valence-electron chi connectivity index (χ0n) is 11.4. The highest BCUT2D eigenvalue weighted by molar-refractivity contribution is 4.43. The molecule has 94 valence electrons. The normalized spacial score (nSPS) is 9.60. The molecular weight excluding hydrogens is 182 g/mol. The lowest BCUT2D eigenvalue weighted by atomic mass is 10.1. The molecule has 0 aromatic heterocycles. The summed E-state index contributed by atoms with van der Waals surface area (Å²) in [6, 6.07) is 0. The maximum atomic E-state index is 5.34. The minimum Gasteiger partial charge on any atom is -0.330 e. The van der Waals surface area contributed by atoms with Crippen LogP contribution in [0.25, 0.3) is 0 Å². The molecular formula is C14H33N. The maximum Gasteiger partial charge on any atom is -0.00773 e. The van der Waals surface area contributed by atoms with Crippen molar-refractivity contribution in [2.45, 2.75) is 85.0 Å². The van der Waals surface area contributed by atoms with Crippen LogP contribution in [-0.2, 0) is 0 Å². The first-order valence-electron chi connectivity index (χ1n) is 7.03. The van der Waals surface area contributed by atoms with Crippen molar-refractivity contribution in [1.29, 1.82) is 0 Å². The van der Waals surface area contributed by atoms with Gasteiger partial charge in [0.1, 0.15) is 0 Å². The summed E-state index contributed by atoms with van der Waals surface area (Å²) in [6.07, 6.45) is 13.6. The van der Waals surface area contributed by atoms with E-state index in [0.29, 0.717) is 0 Å². The summed E-state index contributed by atoms with van der Waals surface area (Å²) in [5.41, 5.74) is 5.34. The Bertz CT molecular complexity index is 71.4. The van der Waals surface area contributed by atoms with Crippen LogP contribution in [0, 0.1) is 0 Å². The van der Waals surface area contributed by atoms with Crippen molar-refractivity contribution in [3.63, 3.8) is 0 Å². The van der Waals surface area contributed by atoms with Gasteiger partial charge in [-0.25, -0.2) is 0 Å². The van der Waals surface area contributed by atoms with E-state index >= 15 is 0 Å². The van der Waals surface area contributed by atoms with Gasteiger partial charge in [0.25, 0.3) is 0 Å². The summed E-state index contributed by atoms with van der Waals surface area (Å²) < 4.78 is 0. The van der Waals surface area contributed by atoms with Gasteiger partial charge in [0.15, 0.2) is 0 Å². The van der Waals surface area contributed by atoms with Crippen LogP contribution in [0.5, 0.6) is 0 Å². The van der Waals surface area contributed by atoms with E-state index in [2.05, 4.69) is 20.8 Å². The average Bonchev–Trinajstić information content (AvgIpc) is 2.27. The van der Waals surface area contributed by atoms with Crippen molar-refractivity contribution < 1.29 is 0 Å². The van der Waals surface area contributed by atoms with Gasteiger partial charge in [0.05, 0.1) is 0 Å². The van der Waals surface area contributed by atoms with Gasteiger partial charge >= 0.3 is 0 Å². The smallest absolute Gasteiger partial charge is 0.00773 e. The summed E-state index contributed by atoms with van der Waals surface area (Å²) in [6.45, 7) is 7.57. The van der Waals surface area contributed by atoms with Crippen LogP contribution in [0.2, 0.25) is 0 Å². The molecule has 0 bridgehead atoms. The lowest BCUT2D eigenvalue weighted by molar-refractivity contribution is 0.612. The number of rotatable bonds is 9. The molecule has 0 heterocycles. The fourth-order valence-electron chi connectivity index (χ4n) is 1.42. The van der Waals surface area contributed by atoms with E-state index in [1.807, 2.05) is 0 Å². The molecule has 0 atom stereocenters. The van der Waals surface area contributed by atoms with Crippen LogP contribution < -0.4 is 5.73 Å². The molecule has 0 unspecified atom stereocenters. The van der Waals surface area contributed by atoms with Gasteiger partial charge in [-0.1, -0.05) is 78.6 Å². The molecule has 0 spiro atoms. The Hall–Kier alpha value is -0.0400. The molecule has 0 amide bonds. The Balaban J connectivity index is 0. The Morgan fingerprint density at radius 2 is 0.867 bits per heavy atom. The van der Waals surface area contributed by atoms with Crippen molar-refractivity contribution in [1.82, 2.24) is 0 Å². The van der Waals surface area contributed by atoms with E-state index in [-0.39, 0.29) is 0 Å². The standard InChI is InChI=1S/C8H19N.C6H14/c1-2-3-4-5-6-7-8-9;1-3-5-6-4-2/h2-9H2,1H3;3-6H2,1-2H3. The molecule has 1 heteroatoms. The molecule has 0 saturated heterocycles. The zero-order valence-corrected chi connectivity index (χ0v) is 11.4. The third-order valence-corrected chi connectivity index (χ3v) is 2.51. The van der Waals surface area contributed by atoms with Gasteiger partial charge in [-0.15, -0.1) is 0 Å². The van der Waals surface area contributed by atoms with Gasteiger partial charge in [0.2, 0.25) is 0 Å². The Kier molecular flexibility index (Phi) is 22.6. The SMILES string of the molecule is CCCCCC.CCCCCCCCN. The van der Waals surface area contributed by atoms with Crippen LogP contribution in [0.15, 0.2) is 0 Å². The molecule has 0 aliphatic heterocycles. The molecule has 0 aliphatic carbocycles. The quantitative estimate of drug-likeness (QED) is 0.544.